The minimum Gasteiger partial charge on any atom is -0.493 e. The van der Waals surface area contributed by atoms with Gasteiger partial charge in [-0.3, -0.25) is 0 Å². The molecule has 1 aliphatic heterocycles. The summed E-state index contributed by atoms with van der Waals surface area (Å²) in [5.41, 5.74) is 2.73. The lowest BCUT2D eigenvalue weighted by molar-refractivity contribution is 0.354. The average Bonchev–Trinajstić information content (AvgIpc) is 3.26. The van der Waals surface area contributed by atoms with Crippen LogP contribution in [0.4, 0.5) is 5.95 Å². The summed E-state index contributed by atoms with van der Waals surface area (Å²) < 4.78 is 23.3. The maximum absolute atomic E-state index is 5.45. The molecule has 0 amide bonds. The summed E-state index contributed by atoms with van der Waals surface area (Å²) in [4.78, 5) is 0. The van der Waals surface area contributed by atoms with Gasteiger partial charge < -0.3 is 24.3 Å². The number of benzene rings is 2. The number of hydrogen-bond acceptors (Lipinski definition) is 8. The van der Waals surface area contributed by atoms with E-state index in [1.807, 2.05) is 42.5 Å². The van der Waals surface area contributed by atoms with Crippen LogP contribution in [0.5, 0.6) is 23.0 Å². The molecule has 1 aliphatic rings. The highest BCUT2D eigenvalue weighted by molar-refractivity contribution is 5.78. The Hall–Kier alpha value is -3.75. The van der Waals surface area contributed by atoms with Gasteiger partial charge >= 0.3 is 0 Å². The van der Waals surface area contributed by atoms with E-state index in [2.05, 4.69) is 20.8 Å². The molecule has 1 N–H and O–H groups in total. The van der Waals surface area contributed by atoms with Gasteiger partial charge in [0, 0.05) is 11.3 Å². The van der Waals surface area contributed by atoms with E-state index in [4.69, 9.17) is 18.9 Å². The molecule has 0 saturated carbocycles. The summed E-state index contributed by atoms with van der Waals surface area (Å²) in [5, 5.41) is 15.3. The number of methoxy groups -OCH3 is 4. The van der Waals surface area contributed by atoms with Gasteiger partial charge in [-0.25, -0.2) is 0 Å². The molecule has 0 unspecified atom stereocenters. The summed E-state index contributed by atoms with van der Waals surface area (Å²) in [5.74, 6) is 3.14. The zero-order valence-electron chi connectivity index (χ0n) is 16.5. The first-order valence-corrected chi connectivity index (χ1v) is 8.89. The molecule has 0 bridgehead atoms. The molecule has 9 nitrogen and oxygen atoms in total. The Labute approximate surface area is 167 Å². The molecule has 4 rings (SSSR count). The third-order valence-corrected chi connectivity index (χ3v) is 4.77. The first-order chi connectivity index (χ1) is 14.2. The van der Waals surface area contributed by atoms with Gasteiger partial charge in [-0.05, 0) is 52.4 Å². The van der Waals surface area contributed by atoms with Crippen molar-refractivity contribution >= 4 is 11.6 Å². The number of fused-ring (bicyclic) bond motifs is 1. The molecule has 0 fully saturated rings. The number of allylic oxidation sites excluding steroid dienone is 1. The van der Waals surface area contributed by atoms with Crippen molar-refractivity contribution in [3.63, 3.8) is 0 Å². The number of nitrogens with one attached hydrogen (secondary N) is 1. The lowest BCUT2D eigenvalue weighted by atomic mass is 10.0. The van der Waals surface area contributed by atoms with Gasteiger partial charge in [-0.1, -0.05) is 11.2 Å². The molecule has 2 aromatic carbocycles. The molecule has 3 aromatic rings. The van der Waals surface area contributed by atoms with Gasteiger partial charge in [0.05, 0.1) is 28.4 Å². The van der Waals surface area contributed by atoms with Gasteiger partial charge in [0.2, 0.25) is 5.95 Å². The topological polar surface area (TPSA) is 92.6 Å². The average molecular weight is 395 g/mol. The van der Waals surface area contributed by atoms with Gasteiger partial charge in [-0.2, -0.15) is 4.68 Å². The van der Waals surface area contributed by atoms with Crippen molar-refractivity contribution in [1.29, 1.82) is 0 Å². The highest BCUT2D eigenvalue weighted by Crippen LogP contribution is 2.37. The first-order valence-electron chi connectivity index (χ1n) is 8.89. The Kier molecular flexibility index (Phi) is 4.94. The number of nitrogens with zero attached hydrogens (tertiary/aromatic N) is 4. The molecule has 1 atom stereocenters. The fourth-order valence-electron chi connectivity index (χ4n) is 3.30. The quantitative estimate of drug-likeness (QED) is 0.681. The number of tetrazole rings is 1. The van der Waals surface area contributed by atoms with E-state index < -0.39 is 0 Å². The molecule has 9 heteroatoms. The number of hydrogen-bond donors (Lipinski definition) is 1. The van der Waals surface area contributed by atoms with Crippen LogP contribution in [0, 0.1) is 0 Å². The predicted octanol–water partition coefficient (Wildman–Crippen LogP) is 2.76. The van der Waals surface area contributed by atoms with Crippen LogP contribution in [0.1, 0.15) is 17.2 Å². The van der Waals surface area contributed by atoms with E-state index in [9.17, 15) is 0 Å². The minimum atomic E-state index is -0.232. The molecular weight excluding hydrogens is 374 g/mol. The molecule has 0 radical (unpaired) electrons. The Morgan fingerprint density at radius 2 is 1.48 bits per heavy atom. The monoisotopic (exact) mass is 395 g/mol. The lowest BCUT2D eigenvalue weighted by Gasteiger charge is -2.24. The van der Waals surface area contributed by atoms with Crippen molar-refractivity contribution in [2.75, 3.05) is 33.8 Å². The highest BCUT2D eigenvalue weighted by atomic mass is 16.5. The van der Waals surface area contributed by atoms with Crippen LogP contribution in [0.15, 0.2) is 42.5 Å². The van der Waals surface area contributed by atoms with Gasteiger partial charge in [0.25, 0.3) is 0 Å². The van der Waals surface area contributed by atoms with E-state index in [0.29, 0.717) is 28.9 Å². The molecular formula is C20H21N5O4. The summed E-state index contributed by atoms with van der Waals surface area (Å²) in [6.45, 7) is 0. The van der Waals surface area contributed by atoms with E-state index in [-0.39, 0.29) is 6.04 Å². The predicted molar refractivity (Wildman–Crippen MR) is 107 cm³/mol. The Morgan fingerprint density at radius 1 is 0.828 bits per heavy atom. The Morgan fingerprint density at radius 3 is 2.17 bits per heavy atom. The summed E-state index contributed by atoms with van der Waals surface area (Å²) in [6, 6.07) is 11.2. The summed E-state index contributed by atoms with van der Waals surface area (Å²) in [7, 11) is 6.43. The largest absolute Gasteiger partial charge is 0.493 e. The molecule has 29 heavy (non-hydrogen) atoms. The van der Waals surface area contributed by atoms with Crippen molar-refractivity contribution in [2.24, 2.45) is 0 Å². The van der Waals surface area contributed by atoms with E-state index in [1.165, 1.54) is 0 Å². The van der Waals surface area contributed by atoms with Crippen LogP contribution >= 0.6 is 0 Å². The number of anilines is 1. The maximum atomic E-state index is 5.45. The fraction of sp³-hybridized carbons (Fsp3) is 0.250. The second-order valence-corrected chi connectivity index (χ2v) is 6.28. The smallest absolute Gasteiger partial charge is 0.248 e. The van der Waals surface area contributed by atoms with E-state index >= 15 is 0 Å². The second-order valence-electron chi connectivity index (χ2n) is 6.28. The van der Waals surface area contributed by atoms with Gasteiger partial charge in [0.15, 0.2) is 23.0 Å². The van der Waals surface area contributed by atoms with E-state index in [0.717, 1.165) is 16.8 Å². The number of ether oxygens (including phenoxy) is 4. The van der Waals surface area contributed by atoms with Gasteiger partial charge in [-0.15, -0.1) is 0 Å². The molecule has 0 spiro atoms. The van der Waals surface area contributed by atoms with E-state index in [1.54, 1.807) is 33.1 Å². The summed E-state index contributed by atoms with van der Waals surface area (Å²) >= 11 is 0. The molecule has 1 aromatic heterocycles. The number of aromatic nitrogens is 4. The lowest BCUT2D eigenvalue weighted by Crippen LogP contribution is -2.20. The van der Waals surface area contributed by atoms with Crippen molar-refractivity contribution in [1.82, 2.24) is 20.2 Å². The molecule has 2 heterocycles. The zero-order valence-corrected chi connectivity index (χ0v) is 16.5. The van der Waals surface area contributed by atoms with Crippen LogP contribution in [-0.2, 0) is 0 Å². The second kappa shape index (κ2) is 7.70. The number of rotatable bonds is 6. The van der Waals surface area contributed by atoms with Crippen molar-refractivity contribution in [3.8, 4) is 23.0 Å². The first kappa shape index (κ1) is 18.6. The standard InChI is InChI=1S/C20H21N5O4/c1-26-16-7-5-12(9-18(16)28-3)14-11-15(25-20(21-14)22-23-24-25)13-6-8-17(27-2)19(10-13)29-4/h5-11,15H,1-4H3,(H,21,22,24)/t15-/m0/s1. The molecule has 0 saturated heterocycles. The zero-order chi connectivity index (χ0) is 20.4. The SMILES string of the molecule is COc1ccc(C2=C[C@@H](c3ccc(OC)c(OC)c3)n3nnnc3N2)cc1OC. The van der Waals surface area contributed by atoms with Crippen molar-refractivity contribution in [3.05, 3.63) is 53.6 Å². The van der Waals surface area contributed by atoms with Crippen LogP contribution in [0.25, 0.3) is 5.70 Å². The maximum Gasteiger partial charge on any atom is 0.248 e. The summed E-state index contributed by atoms with van der Waals surface area (Å²) in [6.07, 6.45) is 2.05. The highest BCUT2D eigenvalue weighted by Gasteiger charge is 2.25. The normalized spacial score (nSPS) is 15.0. The Balaban J connectivity index is 1.79. The fourth-order valence-corrected chi connectivity index (χ4v) is 3.30. The van der Waals surface area contributed by atoms with Crippen molar-refractivity contribution in [2.45, 2.75) is 6.04 Å². The Bertz CT molecular complexity index is 1060. The van der Waals surface area contributed by atoms with Crippen LogP contribution < -0.4 is 24.3 Å². The van der Waals surface area contributed by atoms with Crippen LogP contribution in [0.3, 0.4) is 0 Å². The van der Waals surface area contributed by atoms with Crippen molar-refractivity contribution < 1.29 is 18.9 Å². The minimum absolute atomic E-state index is 0.232. The van der Waals surface area contributed by atoms with Crippen LogP contribution in [-0.4, -0.2) is 48.6 Å². The third kappa shape index (κ3) is 3.31. The van der Waals surface area contributed by atoms with Gasteiger partial charge in [0.1, 0.15) is 6.04 Å². The third-order valence-electron chi connectivity index (χ3n) is 4.77. The molecule has 150 valence electrons. The van der Waals surface area contributed by atoms with Crippen LogP contribution in [0.2, 0.25) is 0 Å². The molecule has 0 aliphatic carbocycles.